The number of nitrogens with one attached hydrogen (secondary N) is 1. The Bertz CT molecular complexity index is 743. The molecule has 0 amide bonds. The molecule has 2 aromatic rings. The van der Waals surface area contributed by atoms with Crippen molar-refractivity contribution < 1.29 is 0 Å². The van der Waals surface area contributed by atoms with E-state index >= 15 is 0 Å². The Hall–Kier alpha value is -1.46. The molecule has 2 aliphatic heterocycles. The van der Waals surface area contributed by atoms with E-state index in [0.29, 0.717) is 11.8 Å². The highest BCUT2D eigenvalue weighted by Gasteiger charge is 2.29. The molecule has 2 aromatic heterocycles. The van der Waals surface area contributed by atoms with Crippen LogP contribution in [-0.2, 0) is 0 Å². The van der Waals surface area contributed by atoms with Crippen LogP contribution in [0.5, 0.6) is 0 Å². The number of hydrogen-bond donors (Lipinski definition) is 1. The zero-order valence-electron chi connectivity index (χ0n) is 16.8. The van der Waals surface area contributed by atoms with E-state index in [-0.39, 0.29) is 5.54 Å². The van der Waals surface area contributed by atoms with Crippen molar-refractivity contribution in [2.75, 3.05) is 33.2 Å². The van der Waals surface area contributed by atoms with Crippen molar-refractivity contribution in [3.05, 3.63) is 23.7 Å². The van der Waals surface area contributed by atoms with E-state index in [1.165, 1.54) is 49.9 Å². The Labute approximate surface area is 157 Å². The summed E-state index contributed by atoms with van der Waals surface area (Å²) in [7, 11) is 2.21. The second kappa shape index (κ2) is 6.93. The highest BCUT2D eigenvalue weighted by Crippen LogP contribution is 2.35. The summed E-state index contributed by atoms with van der Waals surface area (Å²) in [5.41, 5.74) is 3.80. The molecule has 5 heteroatoms. The number of aromatic amines is 1. The van der Waals surface area contributed by atoms with Crippen molar-refractivity contribution in [1.82, 2.24) is 24.8 Å². The van der Waals surface area contributed by atoms with Gasteiger partial charge >= 0.3 is 0 Å². The van der Waals surface area contributed by atoms with Crippen LogP contribution in [0.4, 0.5) is 0 Å². The first-order valence-corrected chi connectivity index (χ1v) is 10.2. The summed E-state index contributed by atoms with van der Waals surface area (Å²) in [6.07, 6.45) is 6.77. The molecule has 0 bridgehead atoms. The Morgan fingerprint density at radius 3 is 2.31 bits per heavy atom. The van der Waals surface area contributed by atoms with Gasteiger partial charge in [0.25, 0.3) is 0 Å². The molecule has 0 unspecified atom stereocenters. The summed E-state index contributed by atoms with van der Waals surface area (Å²) in [5, 5.41) is 0. The lowest BCUT2D eigenvalue weighted by atomic mass is 9.87. The molecule has 2 saturated heterocycles. The molecule has 0 saturated carbocycles. The van der Waals surface area contributed by atoms with Gasteiger partial charge in [0.2, 0.25) is 0 Å². The van der Waals surface area contributed by atoms with Crippen LogP contribution in [0, 0.1) is 0 Å². The van der Waals surface area contributed by atoms with Gasteiger partial charge in [-0.05, 0) is 97.2 Å². The molecule has 0 radical (unpaired) electrons. The molecule has 0 atom stereocenters. The van der Waals surface area contributed by atoms with Crippen LogP contribution >= 0.6 is 0 Å². The van der Waals surface area contributed by atoms with Gasteiger partial charge in [0.05, 0.1) is 5.52 Å². The van der Waals surface area contributed by atoms with Gasteiger partial charge in [-0.2, -0.15) is 0 Å². The SMILES string of the molecule is CN1CCC(c2nc3nccc(C4CCN(C(C)(C)C)CC4)c3[nH]2)CC1. The summed E-state index contributed by atoms with van der Waals surface area (Å²) in [6, 6.07) is 2.22. The lowest BCUT2D eigenvalue weighted by molar-refractivity contribution is 0.102. The molecule has 4 rings (SSSR count). The smallest absolute Gasteiger partial charge is 0.177 e. The topological polar surface area (TPSA) is 48.1 Å². The molecule has 2 fully saturated rings. The number of imidazole rings is 1. The van der Waals surface area contributed by atoms with E-state index in [2.05, 4.69) is 53.7 Å². The van der Waals surface area contributed by atoms with Gasteiger partial charge in [0, 0.05) is 17.7 Å². The van der Waals surface area contributed by atoms with Crippen molar-refractivity contribution >= 4 is 11.2 Å². The predicted octanol–water partition coefficient (Wildman–Crippen LogP) is 3.75. The summed E-state index contributed by atoms with van der Waals surface area (Å²) in [5.74, 6) is 2.32. The Morgan fingerprint density at radius 1 is 1.00 bits per heavy atom. The average molecular weight is 356 g/mol. The van der Waals surface area contributed by atoms with Gasteiger partial charge in [-0.15, -0.1) is 0 Å². The maximum atomic E-state index is 4.88. The molecule has 142 valence electrons. The van der Waals surface area contributed by atoms with E-state index in [0.717, 1.165) is 24.6 Å². The minimum Gasteiger partial charge on any atom is -0.340 e. The lowest BCUT2D eigenvalue weighted by Gasteiger charge is -2.41. The summed E-state index contributed by atoms with van der Waals surface area (Å²) in [4.78, 5) is 18.1. The first-order chi connectivity index (χ1) is 12.4. The van der Waals surface area contributed by atoms with Crippen molar-refractivity contribution in [3.8, 4) is 0 Å². The first kappa shape index (κ1) is 17.9. The fourth-order valence-corrected chi connectivity index (χ4v) is 4.63. The summed E-state index contributed by atoms with van der Waals surface area (Å²) >= 11 is 0. The molecular weight excluding hydrogens is 322 g/mol. The van der Waals surface area contributed by atoms with E-state index in [1.54, 1.807) is 0 Å². The number of H-pyrrole nitrogens is 1. The maximum absolute atomic E-state index is 4.88. The molecule has 5 nitrogen and oxygen atoms in total. The zero-order valence-corrected chi connectivity index (χ0v) is 16.8. The number of nitrogens with zero attached hydrogens (tertiary/aromatic N) is 4. The van der Waals surface area contributed by atoms with Crippen LogP contribution in [0.3, 0.4) is 0 Å². The van der Waals surface area contributed by atoms with Crippen LogP contribution in [0.1, 0.15) is 69.7 Å². The standard InChI is InChI=1S/C21H33N5/c1-21(2,3)26-13-8-15(9-14-26)17-5-10-22-20-18(17)23-19(24-20)16-6-11-25(4)12-7-16/h5,10,15-16H,6-9,11-14H2,1-4H3,(H,22,23,24). The summed E-state index contributed by atoms with van der Waals surface area (Å²) < 4.78 is 0. The van der Waals surface area contributed by atoms with Crippen LogP contribution in [-0.4, -0.2) is 63.5 Å². The van der Waals surface area contributed by atoms with Crippen LogP contribution in [0.25, 0.3) is 11.2 Å². The molecule has 26 heavy (non-hydrogen) atoms. The minimum absolute atomic E-state index is 0.272. The second-order valence-corrected chi connectivity index (χ2v) is 9.23. The molecular formula is C21H33N5. The van der Waals surface area contributed by atoms with E-state index in [9.17, 15) is 0 Å². The number of hydrogen-bond acceptors (Lipinski definition) is 4. The van der Waals surface area contributed by atoms with Crippen LogP contribution in [0.15, 0.2) is 12.3 Å². The third kappa shape index (κ3) is 3.52. The van der Waals surface area contributed by atoms with E-state index < -0.39 is 0 Å². The number of likely N-dealkylation sites (tertiary alicyclic amines) is 2. The summed E-state index contributed by atoms with van der Waals surface area (Å²) in [6.45, 7) is 11.6. The maximum Gasteiger partial charge on any atom is 0.177 e. The normalized spacial score (nSPS) is 22.3. The van der Waals surface area contributed by atoms with Crippen molar-refractivity contribution in [3.63, 3.8) is 0 Å². The fourth-order valence-electron chi connectivity index (χ4n) is 4.63. The Balaban J connectivity index is 1.55. The van der Waals surface area contributed by atoms with Gasteiger partial charge in [-0.3, -0.25) is 4.90 Å². The van der Waals surface area contributed by atoms with Gasteiger partial charge in [0.1, 0.15) is 5.82 Å². The number of rotatable bonds is 2. The molecule has 1 N–H and O–H groups in total. The second-order valence-electron chi connectivity index (χ2n) is 9.23. The van der Waals surface area contributed by atoms with Crippen molar-refractivity contribution in [2.45, 2.75) is 63.8 Å². The van der Waals surface area contributed by atoms with Crippen molar-refractivity contribution in [1.29, 1.82) is 0 Å². The number of piperidine rings is 2. The highest BCUT2D eigenvalue weighted by molar-refractivity contribution is 5.75. The van der Waals surface area contributed by atoms with Crippen molar-refractivity contribution in [2.24, 2.45) is 0 Å². The van der Waals surface area contributed by atoms with Gasteiger partial charge < -0.3 is 9.88 Å². The minimum atomic E-state index is 0.272. The average Bonchev–Trinajstić information content (AvgIpc) is 3.06. The lowest BCUT2D eigenvalue weighted by Crippen LogP contribution is -2.45. The fraction of sp³-hybridized carbons (Fsp3) is 0.714. The Morgan fingerprint density at radius 2 is 1.65 bits per heavy atom. The van der Waals surface area contributed by atoms with Gasteiger partial charge in [-0.1, -0.05) is 0 Å². The van der Waals surface area contributed by atoms with Crippen LogP contribution < -0.4 is 0 Å². The Kier molecular flexibility index (Phi) is 4.78. The van der Waals surface area contributed by atoms with E-state index in [1.807, 2.05) is 6.20 Å². The first-order valence-electron chi connectivity index (χ1n) is 10.2. The quantitative estimate of drug-likeness (QED) is 0.891. The zero-order chi connectivity index (χ0) is 18.3. The van der Waals surface area contributed by atoms with Gasteiger partial charge in [0.15, 0.2) is 5.65 Å². The number of fused-ring (bicyclic) bond motifs is 1. The number of aromatic nitrogens is 3. The monoisotopic (exact) mass is 355 g/mol. The van der Waals surface area contributed by atoms with E-state index in [4.69, 9.17) is 4.98 Å². The third-order valence-electron chi connectivity index (χ3n) is 6.43. The molecule has 2 aliphatic rings. The molecule has 0 aromatic carbocycles. The third-order valence-corrected chi connectivity index (χ3v) is 6.43. The predicted molar refractivity (Wildman–Crippen MR) is 107 cm³/mol. The molecule has 0 aliphatic carbocycles. The molecule has 0 spiro atoms. The highest BCUT2D eigenvalue weighted by atomic mass is 15.2. The van der Waals surface area contributed by atoms with Crippen LogP contribution in [0.2, 0.25) is 0 Å². The largest absolute Gasteiger partial charge is 0.340 e. The molecule has 4 heterocycles. The van der Waals surface area contributed by atoms with Gasteiger partial charge in [-0.25, -0.2) is 9.97 Å². The number of pyridine rings is 1.